The molecule has 0 aromatic rings. The van der Waals surface area contributed by atoms with Gasteiger partial charge < -0.3 is 13.6 Å². The molecule has 0 aliphatic rings. The van der Waals surface area contributed by atoms with Gasteiger partial charge in [-0.1, -0.05) is 65.5 Å². The van der Waals surface area contributed by atoms with E-state index in [-0.39, 0.29) is 0 Å². The van der Waals surface area contributed by atoms with Crippen molar-refractivity contribution in [1.29, 1.82) is 0 Å². The molecule has 0 fully saturated rings. The summed E-state index contributed by atoms with van der Waals surface area (Å²) in [7, 11) is -4.91. The quantitative estimate of drug-likeness (QED) is 0.158. The standard InChI is InChI=1S/C23H54N2OSi3/c1-15-16-17-18-19-22(26-29(12,13)14)23(24(20(2)3)21(4)5)25(27(6,7)8)28(9,10)11/h20-21H,15-19H2,1-14H3/b23-22-. The molecule has 0 aliphatic heterocycles. The van der Waals surface area contributed by atoms with Crippen molar-refractivity contribution in [3.8, 4) is 0 Å². The summed E-state index contributed by atoms with van der Waals surface area (Å²) < 4.78 is 9.81. The zero-order valence-corrected chi connectivity index (χ0v) is 25.5. The van der Waals surface area contributed by atoms with Crippen LogP contribution >= 0.6 is 0 Å². The van der Waals surface area contributed by atoms with Gasteiger partial charge in [0.05, 0.1) is 0 Å². The number of allylic oxidation sites excluding steroid dienone is 1. The Bertz CT molecular complexity index is 490. The Kier molecular flexibility index (Phi) is 11.3. The third kappa shape index (κ3) is 10.1. The van der Waals surface area contributed by atoms with E-state index in [1.807, 2.05) is 0 Å². The highest BCUT2D eigenvalue weighted by molar-refractivity contribution is 6.90. The lowest BCUT2D eigenvalue weighted by atomic mass is 10.1. The molecule has 0 aliphatic carbocycles. The summed E-state index contributed by atoms with van der Waals surface area (Å²) in [5.41, 5.74) is 0. The van der Waals surface area contributed by atoms with Gasteiger partial charge >= 0.3 is 0 Å². The maximum Gasteiger partial charge on any atom is 0.241 e. The predicted octanol–water partition coefficient (Wildman–Crippen LogP) is 8.07. The van der Waals surface area contributed by atoms with Gasteiger partial charge in [0.2, 0.25) is 8.32 Å². The van der Waals surface area contributed by atoms with Crippen LogP contribution in [-0.2, 0) is 4.43 Å². The van der Waals surface area contributed by atoms with Gasteiger partial charge in [-0.15, -0.1) is 0 Å². The molecule has 0 atom stereocenters. The molecule has 0 radical (unpaired) electrons. The third-order valence-electron chi connectivity index (χ3n) is 4.85. The van der Waals surface area contributed by atoms with E-state index in [2.05, 4.69) is 103 Å². The van der Waals surface area contributed by atoms with Crippen LogP contribution in [0.15, 0.2) is 11.6 Å². The molecule has 0 heterocycles. The van der Waals surface area contributed by atoms with Gasteiger partial charge in [0.15, 0.2) is 0 Å². The van der Waals surface area contributed by atoms with E-state index in [1.165, 1.54) is 37.3 Å². The molecule has 0 saturated carbocycles. The molecule has 0 amide bonds. The molecule has 0 bridgehead atoms. The van der Waals surface area contributed by atoms with Crippen molar-refractivity contribution in [2.45, 2.75) is 138 Å². The molecule has 174 valence electrons. The highest BCUT2D eigenvalue weighted by Gasteiger charge is 2.41. The van der Waals surface area contributed by atoms with Crippen molar-refractivity contribution < 1.29 is 4.43 Å². The molecule has 3 nitrogen and oxygen atoms in total. The van der Waals surface area contributed by atoms with Crippen molar-refractivity contribution in [1.82, 2.24) is 9.13 Å². The molecule has 6 heteroatoms. The minimum Gasteiger partial charge on any atom is -0.545 e. The largest absolute Gasteiger partial charge is 0.545 e. The Morgan fingerprint density at radius 2 is 1.17 bits per heavy atom. The molecular weight excluding hydrogens is 405 g/mol. The summed E-state index contributed by atoms with van der Waals surface area (Å²) in [5, 5.41) is 0. The maximum atomic E-state index is 6.91. The number of hydrogen-bond acceptors (Lipinski definition) is 3. The van der Waals surface area contributed by atoms with Gasteiger partial charge in [0.1, 0.15) is 28.1 Å². The van der Waals surface area contributed by atoms with Crippen LogP contribution in [0.3, 0.4) is 0 Å². The van der Waals surface area contributed by atoms with Crippen LogP contribution in [0.5, 0.6) is 0 Å². The van der Waals surface area contributed by atoms with Crippen LogP contribution in [0.2, 0.25) is 58.9 Å². The van der Waals surface area contributed by atoms with Crippen LogP contribution in [-0.4, -0.2) is 46.0 Å². The van der Waals surface area contributed by atoms with E-state index in [1.54, 1.807) is 0 Å². The fourth-order valence-electron chi connectivity index (χ4n) is 4.40. The van der Waals surface area contributed by atoms with E-state index in [9.17, 15) is 0 Å². The molecule has 29 heavy (non-hydrogen) atoms. The van der Waals surface area contributed by atoms with Gasteiger partial charge in [0, 0.05) is 18.5 Å². The fraction of sp³-hybridized carbons (Fsp3) is 0.913. The molecule has 0 unspecified atom stereocenters. The van der Waals surface area contributed by atoms with Gasteiger partial charge in [-0.25, -0.2) is 0 Å². The Labute approximate surface area is 187 Å². The van der Waals surface area contributed by atoms with Gasteiger partial charge in [-0.3, -0.25) is 0 Å². The van der Waals surface area contributed by atoms with Crippen molar-refractivity contribution in [3.05, 3.63) is 11.6 Å². The van der Waals surface area contributed by atoms with E-state index in [4.69, 9.17) is 4.43 Å². The van der Waals surface area contributed by atoms with E-state index < -0.39 is 24.8 Å². The summed E-state index contributed by atoms with van der Waals surface area (Å²) in [4.78, 5) is 2.66. The molecule has 0 aromatic carbocycles. The lowest BCUT2D eigenvalue weighted by Crippen LogP contribution is -2.62. The Balaban J connectivity index is 6.79. The minimum atomic E-state index is -1.71. The second kappa shape index (κ2) is 11.4. The highest BCUT2D eigenvalue weighted by Crippen LogP contribution is 2.35. The Morgan fingerprint density at radius 3 is 1.48 bits per heavy atom. The van der Waals surface area contributed by atoms with E-state index in [0.717, 1.165) is 6.42 Å². The first-order valence-corrected chi connectivity index (χ1v) is 22.2. The lowest BCUT2D eigenvalue weighted by Gasteiger charge is -2.53. The van der Waals surface area contributed by atoms with Crippen molar-refractivity contribution in [2.75, 3.05) is 0 Å². The molecule has 0 saturated heterocycles. The zero-order chi connectivity index (χ0) is 23.2. The molecule has 0 rings (SSSR count). The van der Waals surface area contributed by atoms with Crippen molar-refractivity contribution in [3.63, 3.8) is 0 Å². The topological polar surface area (TPSA) is 15.7 Å². The first kappa shape index (κ1) is 28.8. The monoisotopic (exact) mass is 458 g/mol. The molecular formula is C23H54N2OSi3. The zero-order valence-electron chi connectivity index (χ0n) is 22.5. The summed E-state index contributed by atoms with van der Waals surface area (Å²) in [6.45, 7) is 33.7. The minimum absolute atomic E-state index is 0.455. The number of nitrogens with zero attached hydrogens (tertiary/aromatic N) is 2. The van der Waals surface area contributed by atoms with E-state index >= 15 is 0 Å². The van der Waals surface area contributed by atoms with Crippen LogP contribution in [0.25, 0.3) is 0 Å². The normalized spacial score (nSPS) is 14.3. The molecule has 0 spiro atoms. The van der Waals surface area contributed by atoms with Crippen LogP contribution in [0.1, 0.15) is 66.7 Å². The van der Waals surface area contributed by atoms with Gasteiger partial charge in [0.25, 0.3) is 0 Å². The number of hydrogen-bond donors (Lipinski definition) is 0. The SMILES string of the molecule is CCCCCC/C(O[Si](C)(C)C)=C(\N(C(C)C)C(C)C)N([Si](C)(C)C)[Si](C)(C)C. The summed E-state index contributed by atoms with van der Waals surface area (Å²) in [5.74, 6) is 2.72. The highest BCUT2D eigenvalue weighted by atomic mass is 28.4. The fourth-order valence-corrected chi connectivity index (χ4v) is 15.1. The summed E-state index contributed by atoms with van der Waals surface area (Å²) in [6.07, 6.45) is 6.19. The summed E-state index contributed by atoms with van der Waals surface area (Å²) in [6, 6.07) is 0.909. The smallest absolute Gasteiger partial charge is 0.241 e. The lowest BCUT2D eigenvalue weighted by molar-refractivity contribution is 0.182. The first-order chi connectivity index (χ1) is 12.9. The molecule has 0 N–H and O–H groups in total. The predicted molar refractivity (Wildman–Crippen MR) is 141 cm³/mol. The number of unbranched alkanes of at least 4 members (excludes halogenated alkanes) is 3. The Morgan fingerprint density at radius 1 is 0.724 bits per heavy atom. The maximum absolute atomic E-state index is 6.91. The Hall–Kier alpha value is -0.209. The van der Waals surface area contributed by atoms with Crippen LogP contribution in [0, 0.1) is 0 Å². The van der Waals surface area contributed by atoms with Crippen molar-refractivity contribution >= 4 is 24.8 Å². The first-order valence-electron chi connectivity index (χ1n) is 11.9. The van der Waals surface area contributed by atoms with E-state index in [0.29, 0.717) is 12.1 Å². The average Bonchev–Trinajstić information content (AvgIpc) is 2.44. The van der Waals surface area contributed by atoms with Crippen LogP contribution in [0.4, 0.5) is 0 Å². The average molecular weight is 459 g/mol. The van der Waals surface area contributed by atoms with Crippen molar-refractivity contribution in [2.24, 2.45) is 0 Å². The second-order valence-electron chi connectivity index (χ2n) is 12.0. The van der Waals surface area contributed by atoms with Gasteiger partial charge in [-0.05, 0) is 53.8 Å². The third-order valence-corrected chi connectivity index (χ3v) is 12.8. The van der Waals surface area contributed by atoms with Crippen LogP contribution < -0.4 is 0 Å². The number of rotatable bonds is 13. The molecule has 0 aromatic heterocycles. The second-order valence-corrected chi connectivity index (χ2v) is 26.5. The van der Waals surface area contributed by atoms with Gasteiger partial charge in [-0.2, -0.15) is 0 Å². The summed E-state index contributed by atoms with van der Waals surface area (Å²) >= 11 is 0.